The summed E-state index contributed by atoms with van der Waals surface area (Å²) in [5, 5.41) is 6.53. The smallest absolute Gasteiger partial charge is 0.224 e. The van der Waals surface area contributed by atoms with Crippen LogP contribution in [0, 0.1) is 5.92 Å². The van der Waals surface area contributed by atoms with E-state index >= 15 is 0 Å². The lowest BCUT2D eigenvalue weighted by Crippen LogP contribution is -2.45. The van der Waals surface area contributed by atoms with Crippen molar-refractivity contribution in [2.75, 3.05) is 38.2 Å². The molecule has 0 radical (unpaired) electrons. The molecule has 1 aromatic rings. The fourth-order valence-electron chi connectivity index (χ4n) is 3.38. The first-order valence-corrected chi connectivity index (χ1v) is 8.17. The Hall–Kier alpha value is -1.75. The molecule has 2 unspecified atom stereocenters. The van der Waals surface area contributed by atoms with E-state index in [4.69, 9.17) is 4.74 Å². The van der Waals surface area contributed by atoms with Crippen LogP contribution in [0.5, 0.6) is 5.75 Å². The highest BCUT2D eigenvalue weighted by Crippen LogP contribution is 2.30. The summed E-state index contributed by atoms with van der Waals surface area (Å²) >= 11 is 0. The van der Waals surface area contributed by atoms with Gasteiger partial charge in [0.2, 0.25) is 5.91 Å². The Labute approximate surface area is 132 Å². The van der Waals surface area contributed by atoms with Gasteiger partial charge in [0, 0.05) is 25.7 Å². The number of piperidine rings is 1. The van der Waals surface area contributed by atoms with Gasteiger partial charge < -0.3 is 20.3 Å². The molecule has 2 aliphatic heterocycles. The van der Waals surface area contributed by atoms with Crippen LogP contribution in [-0.4, -0.2) is 45.2 Å². The summed E-state index contributed by atoms with van der Waals surface area (Å²) in [4.78, 5) is 14.6. The SMILES string of the molecule is COc1ccccc1N1CCC(NC(=O)C2CCCNC2)C1. The second kappa shape index (κ2) is 7.01. The normalized spacial score (nSPS) is 25.0. The lowest BCUT2D eigenvalue weighted by molar-refractivity contribution is -0.126. The van der Waals surface area contributed by atoms with E-state index in [1.54, 1.807) is 7.11 Å². The number of amides is 1. The number of benzene rings is 1. The average Bonchev–Trinajstić information content (AvgIpc) is 3.04. The Morgan fingerprint density at radius 1 is 1.36 bits per heavy atom. The molecule has 2 atom stereocenters. The van der Waals surface area contributed by atoms with Gasteiger partial charge in [0.25, 0.3) is 0 Å². The topological polar surface area (TPSA) is 53.6 Å². The van der Waals surface area contributed by atoms with Crippen LogP contribution in [0.15, 0.2) is 24.3 Å². The monoisotopic (exact) mass is 303 g/mol. The van der Waals surface area contributed by atoms with E-state index in [-0.39, 0.29) is 17.9 Å². The minimum absolute atomic E-state index is 0.133. The molecule has 0 aliphatic carbocycles. The average molecular weight is 303 g/mol. The maximum Gasteiger partial charge on any atom is 0.224 e. The van der Waals surface area contributed by atoms with Crippen molar-refractivity contribution in [1.29, 1.82) is 0 Å². The van der Waals surface area contributed by atoms with Crippen LogP contribution in [0.1, 0.15) is 19.3 Å². The summed E-state index contributed by atoms with van der Waals surface area (Å²) in [5.41, 5.74) is 1.11. The van der Waals surface area contributed by atoms with E-state index in [1.165, 1.54) is 0 Å². The number of nitrogens with one attached hydrogen (secondary N) is 2. The van der Waals surface area contributed by atoms with Crippen molar-refractivity contribution in [3.8, 4) is 5.75 Å². The number of hydrogen-bond donors (Lipinski definition) is 2. The Bertz CT molecular complexity index is 514. The fraction of sp³-hybridized carbons (Fsp3) is 0.588. The van der Waals surface area contributed by atoms with Crippen molar-refractivity contribution in [2.24, 2.45) is 5.92 Å². The number of anilines is 1. The first-order chi connectivity index (χ1) is 10.8. The molecule has 0 bridgehead atoms. The highest BCUT2D eigenvalue weighted by Gasteiger charge is 2.28. The van der Waals surface area contributed by atoms with Crippen LogP contribution in [0.3, 0.4) is 0 Å². The fourth-order valence-corrected chi connectivity index (χ4v) is 3.38. The van der Waals surface area contributed by atoms with Crippen molar-refractivity contribution >= 4 is 11.6 Å². The van der Waals surface area contributed by atoms with Crippen LogP contribution in [0.2, 0.25) is 0 Å². The number of ether oxygens (including phenoxy) is 1. The van der Waals surface area contributed by atoms with Crippen molar-refractivity contribution in [2.45, 2.75) is 25.3 Å². The van der Waals surface area contributed by atoms with E-state index in [2.05, 4.69) is 21.6 Å². The Kier molecular flexibility index (Phi) is 4.83. The van der Waals surface area contributed by atoms with Gasteiger partial charge in [-0.3, -0.25) is 4.79 Å². The van der Waals surface area contributed by atoms with E-state index in [9.17, 15) is 4.79 Å². The molecule has 120 valence electrons. The van der Waals surface area contributed by atoms with Gasteiger partial charge in [0.05, 0.1) is 18.7 Å². The molecule has 22 heavy (non-hydrogen) atoms. The van der Waals surface area contributed by atoms with Gasteiger partial charge in [0.15, 0.2) is 0 Å². The van der Waals surface area contributed by atoms with E-state index in [1.807, 2.05) is 18.2 Å². The second-order valence-corrected chi connectivity index (χ2v) is 6.16. The van der Waals surface area contributed by atoms with Gasteiger partial charge >= 0.3 is 0 Å². The predicted octanol–water partition coefficient (Wildman–Crippen LogP) is 1.39. The van der Waals surface area contributed by atoms with Crippen molar-refractivity contribution < 1.29 is 9.53 Å². The summed E-state index contributed by atoms with van der Waals surface area (Å²) in [6.45, 7) is 3.66. The summed E-state index contributed by atoms with van der Waals surface area (Å²) in [5.74, 6) is 1.24. The molecule has 0 saturated carbocycles. The number of carbonyl (C=O) groups is 1. The maximum absolute atomic E-state index is 12.3. The van der Waals surface area contributed by atoms with Gasteiger partial charge in [-0.05, 0) is 37.9 Å². The molecule has 5 nitrogen and oxygen atoms in total. The zero-order valence-corrected chi connectivity index (χ0v) is 13.2. The van der Waals surface area contributed by atoms with Crippen LogP contribution in [0.25, 0.3) is 0 Å². The lowest BCUT2D eigenvalue weighted by atomic mass is 9.98. The predicted molar refractivity (Wildman–Crippen MR) is 87.3 cm³/mol. The van der Waals surface area contributed by atoms with Gasteiger partial charge in [0.1, 0.15) is 5.75 Å². The summed E-state index contributed by atoms with van der Waals surface area (Å²) in [6, 6.07) is 8.30. The van der Waals surface area contributed by atoms with E-state index in [0.717, 1.165) is 56.9 Å². The number of rotatable bonds is 4. The Morgan fingerprint density at radius 3 is 3.00 bits per heavy atom. The minimum atomic E-state index is 0.133. The number of carbonyl (C=O) groups excluding carboxylic acids is 1. The summed E-state index contributed by atoms with van der Waals surface area (Å²) in [6.07, 6.45) is 3.09. The van der Waals surface area contributed by atoms with Crippen LogP contribution in [0.4, 0.5) is 5.69 Å². The number of nitrogens with zero attached hydrogens (tertiary/aromatic N) is 1. The van der Waals surface area contributed by atoms with Gasteiger partial charge in [-0.15, -0.1) is 0 Å². The molecule has 1 amide bonds. The van der Waals surface area contributed by atoms with Crippen molar-refractivity contribution in [3.63, 3.8) is 0 Å². The molecule has 1 aromatic carbocycles. The van der Waals surface area contributed by atoms with Gasteiger partial charge in [-0.2, -0.15) is 0 Å². The first kappa shape index (κ1) is 15.2. The molecule has 3 rings (SSSR count). The standard InChI is InChI=1S/C17H25N3O2/c1-22-16-7-3-2-6-15(16)20-10-8-14(12-20)19-17(21)13-5-4-9-18-11-13/h2-3,6-7,13-14,18H,4-5,8-12H2,1H3,(H,19,21). The Balaban J connectivity index is 1.57. The molecule has 2 saturated heterocycles. The summed E-state index contributed by atoms with van der Waals surface area (Å²) < 4.78 is 5.43. The molecule has 2 aliphatic rings. The molecule has 0 spiro atoms. The van der Waals surface area contributed by atoms with Crippen LogP contribution in [-0.2, 0) is 4.79 Å². The van der Waals surface area contributed by atoms with Crippen LogP contribution >= 0.6 is 0 Å². The summed E-state index contributed by atoms with van der Waals surface area (Å²) in [7, 11) is 1.70. The minimum Gasteiger partial charge on any atom is -0.495 e. The second-order valence-electron chi connectivity index (χ2n) is 6.16. The maximum atomic E-state index is 12.3. The van der Waals surface area contributed by atoms with E-state index in [0.29, 0.717) is 0 Å². The molecule has 0 aromatic heterocycles. The molecule has 5 heteroatoms. The molecular weight excluding hydrogens is 278 g/mol. The highest BCUT2D eigenvalue weighted by molar-refractivity contribution is 5.79. The van der Waals surface area contributed by atoms with Crippen molar-refractivity contribution in [1.82, 2.24) is 10.6 Å². The molecule has 2 heterocycles. The quantitative estimate of drug-likeness (QED) is 0.882. The highest BCUT2D eigenvalue weighted by atomic mass is 16.5. The van der Waals surface area contributed by atoms with E-state index < -0.39 is 0 Å². The number of para-hydroxylation sites is 2. The zero-order chi connectivity index (χ0) is 15.4. The lowest BCUT2D eigenvalue weighted by Gasteiger charge is -2.24. The third-order valence-electron chi connectivity index (χ3n) is 4.63. The van der Waals surface area contributed by atoms with Crippen LogP contribution < -0.4 is 20.3 Å². The number of methoxy groups -OCH3 is 1. The van der Waals surface area contributed by atoms with Crippen molar-refractivity contribution in [3.05, 3.63) is 24.3 Å². The third-order valence-corrected chi connectivity index (χ3v) is 4.63. The largest absolute Gasteiger partial charge is 0.495 e. The Morgan fingerprint density at radius 2 is 2.23 bits per heavy atom. The molecule has 2 N–H and O–H groups in total. The van der Waals surface area contributed by atoms with Gasteiger partial charge in [-0.1, -0.05) is 12.1 Å². The number of hydrogen-bond acceptors (Lipinski definition) is 4. The zero-order valence-electron chi connectivity index (χ0n) is 13.2. The molecular formula is C17H25N3O2. The molecule has 2 fully saturated rings. The third kappa shape index (κ3) is 3.35. The van der Waals surface area contributed by atoms with Gasteiger partial charge in [-0.25, -0.2) is 0 Å². The first-order valence-electron chi connectivity index (χ1n) is 8.17.